The number of nitrogens with zero attached hydrogens (tertiary/aromatic N) is 1. The van der Waals surface area contributed by atoms with Gasteiger partial charge in [0.2, 0.25) is 0 Å². The number of ether oxygens (including phenoxy) is 1. The minimum atomic E-state index is -1.09. The lowest BCUT2D eigenvalue weighted by molar-refractivity contribution is -0.138. The zero-order valence-electron chi connectivity index (χ0n) is 12.9. The van der Waals surface area contributed by atoms with Gasteiger partial charge in [-0.1, -0.05) is 24.3 Å². The normalized spacial score (nSPS) is 14.5. The van der Waals surface area contributed by atoms with Gasteiger partial charge in [-0.2, -0.15) is 0 Å². The number of methoxy groups -OCH3 is 1. The molecule has 3 rings (SSSR count). The third-order valence-electron chi connectivity index (χ3n) is 4.01. The minimum absolute atomic E-state index is 0.298. The summed E-state index contributed by atoms with van der Waals surface area (Å²) in [4.78, 5) is 37.5. The fraction of sp³-hybridized carbons (Fsp3) is 0.167. The number of benzene rings is 2. The van der Waals surface area contributed by atoms with E-state index in [0.717, 1.165) is 4.90 Å². The molecule has 1 N–H and O–H groups in total. The second-order valence-corrected chi connectivity index (χ2v) is 5.41. The molecule has 2 aromatic rings. The summed E-state index contributed by atoms with van der Waals surface area (Å²) in [5.41, 5.74) is 1.16. The Morgan fingerprint density at radius 1 is 1.04 bits per heavy atom. The monoisotopic (exact) mass is 325 g/mol. The SMILES string of the molecule is COc1ccc([C@H](CC(=O)O)N2C(=O)c3ccccc3C2=O)cc1. The third-order valence-corrected chi connectivity index (χ3v) is 4.01. The molecule has 0 spiro atoms. The fourth-order valence-electron chi connectivity index (χ4n) is 2.84. The predicted octanol–water partition coefficient (Wildman–Crippen LogP) is 2.51. The largest absolute Gasteiger partial charge is 0.497 e. The van der Waals surface area contributed by atoms with Gasteiger partial charge in [0, 0.05) is 0 Å². The Morgan fingerprint density at radius 3 is 2.04 bits per heavy atom. The van der Waals surface area contributed by atoms with Gasteiger partial charge in [-0.3, -0.25) is 19.3 Å². The summed E-state index contributed by atoms with van der Waals surface area (Å²) in [5.74, 6) is -1.43. The van der Waals surface area contributed by atoms with Crippen molar-refractivity contribution in [1.82, 2.24) is 4.90 Å². The molecule has 1 atom stereocenters. The Balaban J connectivity index is 2.02. The van der Waals surface area contributed by atoms with Gasteiger partial charge in [-0.25, -0.2) is 0 Å². The summed E-state index contributed by atoms with van der Waals surface area (Å²) in [5, 5.41) is 9.22. The topological polar surface area (TPSA) is 83.9 Å². The first-order chi connectivity index (χ1) is 11.5. The van der Waals surface area contributed by atoms with Crippen molar-refractivity contribution in [3.8, 4) is 5.75 Å². The summed E-state index contributed by atoms with van der Waals surface area (Å²) in [6, 6.07) is 12.3. The van der Waals surface area contributed by atoms with E-state index in [1.807, 2.05) is 0 Å². The van der Waals surface area contributed by atoms with Crippen LogP contribution in [0.1, 0.15) is 38.7 Å². The van der Waals surface area contributed by atoms with E-state index in [-0.39, 0.29) is 6.42 Å². The molecule has 0 aromatic heterocycles. The zero-order valence-corrected chi connectivity index (χ0v) is 12.9. The molecular weight excluding hydrogens is 310 g/mol. The molecule has 2 aromatic carbocycles. The Morgan fingerprint density at radius 2 is 1.58 bits per heavy atom. The molecule has 0 bridgehead atoms. The van der Waals surface area contributed by atoms with Crippen LogP contribution in [0.5, 0.6) is 5.75 Å². The number of carbonyl (C=O) groups is 3. The van der Waals surface area contributed by atoms with Gasteiger partial charge in [0.05, 0.1) is 30.7 Å². The zero-order chi connectivity index (χ0) is 17.3. The summed E-state index contributed by atoms with van der Waals surface area (Å²) in [6.45, 7) is 0. The average molecular weight is 325 g/mol. The van der Waals surface area contributed by atoms with Crippen LogP contribution in [0.2, 0.25) is 0 Å². The van der Waals surface area contributed by atoms with E-state index in [1.54, 1.807) is 48.5 Å². The van der Waals surface area contributed by atoms with Crippen molar-refractivity contribution in [2.45, 2.75) is 12.5 Å². The number of imide groups is 1. The van der Waals surface area contributed by atoms with Crippen molar-refractivity contribution >= 4 is 17.8 Å². The van der Waals surface area contributed by atoms with Crippen LogP contribution in [0, 0.1) is 0 Å². The number of aliphatic carboxylic acids is 1. The van der Waals surface area contributed by atoms with E-state index in [4.69, 9.17) is 4.74 Å². The quantitative estimate of drug-likeness (QED) is 0.854. The standard InChI is InChI=1S/C18H15NO5/c1-24-12-8-6-11(7-9-12)15(10-16(20)21)19-17(22)13-4-2-3-5-14(13)18(19)23/h2-9,15H,10H2,1H3,(H,20,21)/t15-/m0/s1. The Kier molecular flexibility index (Phi) is 4.04. The molecular formula is C18H15NO5. The molecule has 0 saturated heterocycles. The highest BCUT2D eigenvalue weighted by Crippen LogP contribution is 2.34. The molecule has 0 radical (unpaired) electrons. The molecule has 0 aliphatic carbocycles. The minimum Gasteiger partial charge on any atom is -0.497 e. The molecule has 1 aliphatic heterocycles. The average Bonchev–Trinajstić information content (AvgIpc) is 2.84. The number of carbonyl (C=O) groups excluding carboxylic acids is 2. The van der Waals surface area contributed by atoms with Crippen molar-refractivity contribution in [3.63, 3.8) is 0 Å². The second kappa shape index (κ2) is 6.16. The van der Waals surface area contributed by atoms with E-state index < -0.39 is 23.8 Å². The molecule has 122 valence electrons. The van der Waals surface area contributed by atoms with Crippen LogP contribution in [0.4, 0.5) is 0 Å². The Hall–Kier alpha value is -3.15. The van der Waals surface area contributed by atoms with Gasteiger partial charge in [0.25, 0.3) is 11.8 Å². The smallest absolute Gasteiger partial charge is 0.305 e. The maximum absolute atomic E-state index is 12.6. The first-order valence-corrected chi connectivity index (χ1v) is 7.35. The summed E-state index contributed by atoms with van der Waals surface area (Å²) in [7, 11) is 1.52. The number of hydrogen-bond donors (Lipinski definition) is 1. The lowest BCUT2D eigenvalue weighted by Crippen LogP contribution is -2.35. The van der Waals surface area contributed by atoms with Crippen molar-refractivity contribution < 1.29 is 24.2 Å². The maximum atomic E-state index is 12.6. The number of carboxylic acid groups (broad SMARTS) is 1. The van der Waals surface area contributed by atoms with Crippen LogP contribution in [-0.4, -0.2) is 34.9 Å². The van der Waals surface area contributed by atoms with Crippen molar-refractivity contribution in [1.29, 1.82) is 0 Å². The van der Waals surface area contributed by atoms with E-state index in [1.165, 1.54) is 7.11 Å². The van der Waals surface area contributed by atoms with Crippen LogP contribution in [0.15, 0.2) is 48.5 Å². The number of amides is 2. The first-order valence-electron chi connectivity index (χ1n) is 7.35. The Bertz CT molecular complexity index is 777. The summed E-state index contributed by atoms with van der Waals surface area (Å²) < 4.78 is 5.08. The van der Waals surface area contributed by atoms with Crippen LogP contribution in [-0.2, 0) is 4.79 Å². The molecule has 1 heterocycles. The predicted molar refractivity (Wildman–Crippen MR) is 84.9 cm³/mol. The number of carboxylic acids is 1. The Labute approximate surface area is 138 Å². The lowest BCUT2D eigenvalue weighted by atomic mass is 10.0. The van der Waals surface area contributed by atoms with Gasteiger partial charge in [0.1, 0.15) is 5.75 Å². The second-order valence-electron chi connectivity index (χ2n) is 5.41. The number of fused-ring (bicyclic) bond motifs is 1. The lowest BCUT2D eigenvalue weighted by Gasteiger charge is -2.25. The number of rotatable bonds is 5. The van der Waals surface area contributed by atoms with Crippen LogP contribution in [0.25, 0.3) is 0 Å². The highest BCUT2D eigenvalue weighted by molar-refractivity contribution is 6.21. The van der Waals surface area contributed by atoms with Gasteiger partial charge in [0.15, 0.2) is 0 Å². The van der Waals surface area contributed by atoms with Crippen LogP contribution in [0.3, 0.4) is 0 Å². The molecule has 6 nitrogen and oxygen atoms in total. The van der Waals surface area contributed by atoms with Crippen molar-refractivity contribution in [2.75, 3.05) is 7.11 Å². The van der Waals surface area contributed by atoms with Crippen LogP contribution >= 0.6 is 0 Å². The van der Waals surface area contributed by atoms with E-state index in [0.29, 0.717) is 22.4 Å². The third kappa shape index (κ3) is 2.62. The van der Waals surface area contributed by atoms with E-state index >= 15 is 0 Å². The fourth-order valence-corrected chi connectivity index (χ4v) is 2.84. The molecule has 0 unspecified atom stereocenters. The summed E-state index contributed by atoms with van der Waals surface area (Å²) >= 11 is 0. The highest BCUT2D eigenvalue weighted by Gasteiger charge is 2.41. The number of hydrogen-bond acceptors (Lipinski definition) is 4. The first kappa shape index (κ1) is 15.7. The van der Waals surface area contributed by atoms with Crippen molar-refractivity contribution in [3.05, 3.63) is 65.2 Å². The maximum Gasteiger partial charge on any atom is 0.305 e. The molecule has 24 heavy (non-hydrogen) atoms. The van der Waals surface area contributed by atoms with Gasteiger partial charge in [-0.15, -0.1) is 0 Å². The molecule has 0 fully saturated rings. The van der Waals surface area contributed by atoms with E-state index in [2.05, 4.69) is 0 Å². The van der Waals surface area contributed by atoms with Gasteiger partial charge < -0.3 is 9.84 Å². The molecule has 1 aliphatic rings. The van der Waals surface area contributed by atoms with Crippen molar-refractivity contribution in [2.24, 2.45) is 0 Å². The molecule has 0 saturated carbocycles. The van der Waals surface area contributed by atoms with Gasteiger partial charge in [-0.05, 0) is 29.8 Å². The van der Waals surface area contributed by atoms with Crippen LogP contribution < -0.4 is 4.74 Å². The van der Waals surface area contributed by atoms with E-state index in [9.17, 15) is 19.5 Å². The molecule has 2 amide bonds. The highest BCUT2D eigenvalue weighted by atomic mass is 16.5. The summed E-state index contributed by atoms with van der Waals surface area (Å²) in [6.07, 6.45) is -0.363. The molecule has 6 heteroatoms. The van der Waals surface area contributed by atoms with Gasteiger partial charge >= 0.3 is 5.97 Å².